The van der Waals surface area contributed by atoms with Crippen molar-refractivity contribution in [3.05, 3.63) is 122 Å². The van der Waals surface area contributed by atoms with Crippen LogP contribution in [0.2, 0.25) is 0 Å². The normalized spacial score (nSPS) is 20.9. The lowest BCUT2D eigenvalue weighted by Crippen LogP contribution is -2.60. The number of aliphatic hydroxyl groups excluding tert-OH is 5. The average molecular weight is 920 g/mol. The maximum atomic E-state index is 13.0. The van der Waals surface area contributed by atoms with Gasteiger partial charge in [0.25, 0.3) is 0 Å². The van der Waals surface area contributed by atoms with Gasteiger partial charge in [-0.3, -0.25) is 4.79 Å². The first kappa shape index (κ1) is 60.6. The van der Waals surface area contributed by atoms with Gasteiger partial charge in [-0.1, -0.05) is 200 Å². The predicted octanol–water partition coefficient (Wildman–Crippen LogP) is 12.0. The van der Waals surface area contributed by atoms with E-state index in [0.29, 0.717) is 6.42 Å². The molecule has 0 bridgehead atoms. The zero-order valence-corrected chi connectivity index (χ0v) is 41.1. The summed E-state index contributed by atoms with van der Waals surface area (Å²) in [5.74, 6) is -0.204. The van der Waals surface area contributed by atoms with Crippen LogP contribution in [0, 0.1) is 0 Å². The third-order valence-electron chi connectivity index (χ3n) is 11.3. The highest BCUT2D eigenvalue weighted by molar-refractivity contribution is 5.76. The smallest absolute Gasteiger partial charge is 0.220 e. The molecular weight excluding hydrogens is 827 g/mol. The van der Waals surface area contributed by atoms with Gasteiger partial charge in [-0.05, 0) is 89.9 Å². The lowest BCUT2D eigenvalue weighted by atomic mass is 9.99. The summed E-state index contributed by atoms with van der Waals surface area (Å²) >= 11 is 0. The minimum atomic E-state index is -1.58. The van der Waals surface area contributed by atoms with Gasteiger partial charge in [-0.15, -0.1) is 0 Å². The monoisotopic (exact) mass is 920 g/mol. The third kappa shape index (κ3) is 34.8. The van der Waals surface area contributed by atoms with E-state index in [1.807, 2.05) is 6.08 Å². The molecule has 7 unspecified atom stereocenters. The van der Waals surface area contributed by atoms with E-state index >= 15 is 0 Å². The van der Waals surface area contributed by atoms with Crippen molar-refractivity contribution in [2.45, 2.75) is 217 Å². The largest absolute Gasteiger partial charge is 0.394 e. The number of carbonyl (C=O) groups excluding carboxylic acids is 1. The van der Waals surface area contributed by atoms with Crippen molar-refractivity contribution in [3.63, 3.8) is 0 Å². The van der Waals surface area contributed by atoms with Crippen LogP contribution in [0.3, 0.4) is 0 Å². The molecule has 1 fully saturated rings. The van der Waals surface area contributed by atoms with Crippen molar-refractivity contribution in [2.75, 3.05) is 13.2 Å². The van der Waals surface area contributed by atoms with Crippen LogP contribution in [0.15, 0.2) is 122 Å². The van der Waals surface area contributed by atoms with Gasteiger partial charge in [0.05, 0.1) is 25.4 Å². The Balaban J connectivity index is 2.23. The van der Waals surface area contributed by atoms with E-state index in [0.717, 1.165) is 116 Å². The predicted molar refractivity (Wildman–Crippen MR) is 276 cm³/mol. The van der Waals surface area contributed by atoms with Crippen molar-refractivity contribution in [2.24, 2.45) is 0 Å². The summed E-state index contributed by atoms with van der Waals surface area (Å²) in [5.41, 5.74) is 0. The van der Waals surface area contributed by atoms with Crippen molar-refractivity contribution < 1.29 is 39.8 Å². The van der Waals surface area contributed by atoms with Gasteiger partial charge in [0, 0.05) is 6.42 Å². The highest BCUT2D eigenvalue weighted by atomic mass is 16.7. The molecule has 7 atom stereocenters. The maximum Gasteiger partial charge on any atom is 0.220 e. The molecule has 0 spiro atoms. The quantitative estimate of drug-likeness (QED) is 0.0262. The van der Waals surface area contributed by atoms with E-state index in [-0.39, 0.29) is 12.5 Å². The molecule has 1 saturated heterocycles. The van der Waals surface area contributed by atoms with Crippen LogP contribution < -0.4 is 5.32 Å². The molecule has 1 aliphatic rings. The van der Waals surface area contributed by atoms with Crippen LogP contribution in [0.5, 0.6) is 0 Å². The van der Waals surface area contributed by atoms with Crippen molar-refractivity contribution in [1.82, 2.24) is 5.32 Å². The molecule has 0 aromatic carbocycles. The van der Waals surface area contributed by atoms with Crippen molar-refractivity contribution >= 4 is 5.91 Å². The number of hydrogen-bond acceptors (Lipinski definition) is 8. The fourth-order valence-corrected chi connectivity index (χ4v) is 7.20. The van der Waals surface area contributed by atoms with Crippen LogP contribution >= 0.6 is 0 Å². The van der Waals surface area contributed by atoms with Crippen LogP contribution in [-0.2, 0) is 14.3 Å². The Hall–Kier alpha value is -3.41. The number of amides is 1. The number of hydrogen-bond donors (Lipinski definition) is 6. The van der Waals surface area contributed by atoms with Crippen LogP contribution in [-0.4, -0.2) is 87.5 Å². The molecule has 9 heteroatoms. The molecule has 0 radical (unpaired) electrons. The minimum Gasteiger partial charge on any atom is -0.394 e. The standard InChI is InChI=1S/C57H93NO8/c1-3-5-7-9-11-13-15-16-17-18-19-20-21-22-23-24-25-26-27-28-29-30-31-32-33-34-35-36-37-39-41-43-45-47-53(61)58-50(49-65-57-56(64)55(63)54(62)52(48-59)66-57)51(60)46-44-42-40-38-14-12-10-8-6-4-2/h5,7,11,13,16-17,19-20,22-23,25-26,28-29,31-32,34-35,44,46,50-52,54-57,59-60,62-64H,3-4,6,8-10,12,14-15,18,21,24,27,30,33,36-43,45,47-49H2,1-2H3,(H,58,61)/b7-5-,13-11-,17-16-,20-19-,23-22-,26-25-,29-28-,32-31-,35-34-,46-44+. The summed E-state index contributed by atoms with van der Waals surface area (Å²) in [6.45, 7) is 3.60. The molecule has 1 aliphatic heterocycles. The number of allylic oxidation sites excluding steroid dienone is 19. The van der Waals surface area contributed by atoms with Crippen molar-refractivity contribution in [3.8, 4) is 0 Å². The van der Waals surface area contributed by atoms with Gasteiger partial charge in [-0.25, -0.2) is 0 Å². The summed E-state index contributed by atoms with van der Waals surface area (Å²) in [6.07, 6.45) is 61.1. The summed E-state index contributed by atoms with van der Waals surface area (Å²) in [7, 11) is 0. The number of aliphatic hydroxyl groups is 5. The summed E-state index contributed by atoms with van der Waals surface area (Å²) in [6, 6.07) is -0.822. The topological polar surface area (TPSA) is 149 Å². The summed E-state index contributed by atoms with van der Waals surface area (Å²) in [5, 5.41) is 54.1. The molecule has 374 valence electrons. The molecule has 0 saturated carbocycles. The maximum absolute atomic E-state index is 13.0. The van der Waals surface area contributed by atoms with Crippen LogP contribution in [0.4, 0.5) is 0 Å². The highest BCUT2D eigenvalue weighted by Gasteiger charge is 2.44. The Labute approximate surface area is 401 Å². The third-order valence-corrected chi connectivity index (χ3v) is 11.3. The number of unbranched alkanes of at least 4 members (excludes halogenated alkanes) is 13. The molecular formula is C57H93NO8. The molecule has 1 heterocycles. The van der Waals surface area contributed by atoms with Gasteiger partial charge >= 0.3 is 0 Å². The van der Waals surface area contributed by atoms with E-state index in [4.69, 9.17) is 9.47 Å². The lowest BCUT2D eigenvalue weighted by Gasteiger charge is -2.40. The first-order valence-electron chi connectivity index (χ1n) is 25.8. The van der Waals surface area contributed by atoms with Gasteiger partial charge in [-0.2, -0.15) is 0 Å². The number of nitrogens with one attached hydrogen (secondary N) is 1. The Bertz CT molecular complexity index is 1440. The number of ether oxygens (including phenoxy) is 2. The lowest BCUT2D eigenvalue weighted by molar-refractivity contribution is -0.302. The minimum absolute atomic E-state index is 0.204. The summed E-state index contributed by atoms with van der Waals surface area (Å²) in [4.78, 5) is 13.0. The molecule has 9 nitrogen and oxygen atoms in total. The van der Waals surface area contributed by atoms with Crippen molar-refractivity contribution in [1.29, 1.82) is 0 Å². The Kier molecular flexibility index (Phi) is 41.7. The first-order chi connectivity index (χ1) is 32.3. The molecule has 1 amide bonds. The SMILES string of the molecule is CC/C=C\C/C=C\C/C=C\C/C=C\C/C=C\C/C=C\C/C=C\C/C=C\C/C=C\CCCCCCCC(=O)NC(COC1OC(CO)C(O)C(O)C1O)C(O)/C=C/CCCCCCCCCC. The van der Waals surface area contributed by atoms with E-state index in [1.54, 1.807) is 6.08 Å². The van der Waals surface area contributed by atoms with E-state index in [1.165, 1.54) is 38.5 Å². The van der Waals surface area contributed by atoms with Gasteiger partial charge < -0.3 is 40.3 Å². The highest BCUT2D eigenvalue weighted by Crippen LogP contribution is 2.22. The second kappa shape index (κ2) is 45.4. The Morgan fingerprint density at radius 1 is 0.530 bits per heavy atom. The molecule has 6 N–H and O–H groups in total. The van der Waals surface area contributed by atoms with Gasteiger partial charge in [0.2, 0.25) is 5.91 Å². The van der Waals surface area contributed by atoms with E-state index in [2.05, 4.69) is 129 Å². The summed E-state index contributed by atoms with van der Waals surface area (Å²) < 4.78 is 11.2. The molecule has 0 aliphatic carbocycles. The Morgan fingerprint density at radius 3 is 1.39 bits per heavy atom. The Morgan fingerprint density at radius 2 is 0.939 bits per heavy atom. The number of rotatable bonds is 41. The van der Waals surface area contributed by atoms with Crippen LogP contribution in [0.25, 0.3) is 0 Å². The zero-order chi connectivity index (χ0) is 48.0. The van der Waals surface area contributed by atoms with E-state index in [9.17, 15) is 30.3 Å². The molecule has 0 aromatic rings. The fourth-order valence-electron chi connectivity index (χ4n) is 7.20. The van der Waals surface area contributed by atoms with Gasteiger partial charge in [0.1, 0.15) is 24.4 Å². The van der Waals surface area contributed by atoms with Crippen LogP contribution in [0.1, 0.15) is 174 Å². The fraction of sp³-hybridized carbons (Fsp3) is 0.632. The van der Waals surface area contributed by atoms with Gasteiger partial charge in [0.15, 0.2) is 6.29 Å². The second-order valence-electron chi connectivity index (χ2n) is 17.2. The second-order valence-corrected chi connectivity index (χ2v) is 17.2. The molecule has 1 rings (SSSR count). The first-order valence-corrected chi connectivity index (χ1v) is 25.8. The molecule has 0 aromatic heterocycles. The zero-order valence-electron chi connectivity index (χ0n) is 41.1. The number of carbonyl (C=O) groups is 1. The average Bonchev–Trinajstić information content (AvgIpc) is 3.32. The van der Waals surface area contributed by atoms with E-state index < -0.39 is 49.5 Å². The molecule has 66 heavy (non-hydrogen) atoms.